The van der Waals surface area contributed by atoms with E-state index in [0.717, 1.165) is 18.4 Å². The molecule has 0 spiro atoms. The van der Waals surface area contributed by atoms with Crippen LogP contribution in [0.4, 0.5) is 0 Å². The third-order valence-corrected chi connectivity index (χ3v) is 6.21. The van der Waals surface area contributed by atoms with E-state index in [4.69, 9.17) is 20.5 Å². The van der Waals surface area contributed by atoms with E-state index in [2.05, 4.69) is 0 Å². The Balaban J connectivity index is 1.87. The van der Waals surface area contributed by atoms with Gasteiger partial charge >= 0.3 is 10.1 Å². The highest BCUT2D eigenvalue weighted by Crippen LogP contribution is 2.33. The van der Waals surface area contributed by atoms with Crippen LogP contribution in [0.15, 0.2) is 42.5 Å². The van der Waals surface area contributed by atoms with Gasteiger partial charge < -0.3 is 13.8 Å². The molecule has 0 unspecified atom stereocenters. The summed E-state index contributed by atoms with van der Waals surface area (Å²) < 4.78 is 34.2. The second kappa shape index (κ2) is 9.05. The van der Waals surface area contributed by atoms with Gasteiger partial charge in [0.25, 0.3) is 5.91 Å². The smallest absolute Gasteiger partial charge is 0.309 e. The number of halogens is 1. The Morgan fingerprint density at radius 3 is 2.52 bits per heavy atom. The normalized spacial score (nSPS) is 13.8. The van der Waals surface area contributed by atoms with Crippen LogP contribution in [0.5, 0.6) is 11.5 Å². The second-order valence-corrected chi connectivity index (χ2v) is 9.29. The Morgan fingerprint density at radius 2 is 1.90 bits per heavy atom. The number of nitrogens with zero attached hydrogens (tertiary/aromatic N) is 1. The van der Waals surface area contributed by atoms with Gasteiger partial charge in [0.1, 0.15) is 0 Å². The van der Waals surface area contributed by atoms with Gasteiger partial charge in [0.2, 0.25) is 0 Å². The molecule has 0 aromatic heterocycles. The average Bonchev–Trinajstić information content (AvgIpc) is 3.51. The van der Waals surface area contributed by atoms with Gasteiger partial charge in [-0.15, -0.1) is 0 Å². The molecule has 0 radical (unpaired) electrons. The molecule has 1 saturated carbocycles. The Hall–Kier alpha value is -2.25. The molecule has 0 saturated heterocycles. The summed E-state index contributed by atoms with van der Waals surface area (Å²) in [4.78, 5) is 14.9. The third kappa shape index (κ3) is 5.64. The molecule has 6 nitrogen and oxygen atoms in total. The Kier molecular flexibility index (Phi) is 6.70. The largest absolute Gasteiger partial charge is 0.493 e. The molecule has 2 aromatic carbocycles. The minimum Gasteiger partial charge on any atom is -0.493 e. The van der Waals surface area contributed by atoms with Crippen LogP contribution in [0.3, 0.4) is 0 Å². The van der Waals surface area contributed by atoms with E-state index < -0.39 is 10.1 Å². The summed E-state index contributed by atoms with van der Waals surface area (Å²) in [7, 11) is -2.26. The standard InChI is InChI=1S/C21H24ClNO5S/c1-3-29(25,26)28-20-12-16(10-11-19(20)27-2)14-23(13-15-8-9-15)21(24)17-6-4-5-7-18(17)22/h4-7,10-12,15H,3,8-9,13-14H2,1-2H3. The quantitative estimate of drug-likeness (QED) is 0.551. The van der Waals surface area contributed by atoms with E-state index in [9.17, 15) is 13.2 Å². The predicted octanol–water partition coefficient (Wildman–Crippen LogP) is 4.13. The molecule has 1 amide bonds. The summed E-state index contributed by atoms with van der Waals surface area (Å²) in [5.74, 6) is 0.609. The Labute approximate surface area is 176 Å². The summed E-state index contributed by atoms with van der Waals surface area (Å²) in [6, 6.07) is 12.0. The molecule has 0 heterocycles. The molecular formula is C21H24ClNO5S. The van der Waals surface area contributed by atoms with Crippen molar-refractivity contribution in [1.29, 1.82) is 0 Å². The lowest BCUT2D eigenvalue weighted by molar-refractivity contribution is 0.0735. The summed E-state index contributed by atoms with van der Waals surface area (Å²) in [6.45, 7) is 2.44. The van der Waals surface area contributed by atoms with Gasteiger partial charge in [-0.25, -0.2) is 0 Å². The fourth-order valence-corrected chi connectivity index (χ4v) is 3.68. The zero-order valence-electron chi connectivity index (χ0n) is 16.4. The minimum atomic E-state index is -3.70. The maximum absolute atomic E-state index is 13.1. The molecule has 1 aliphatic rings. The van der Waals surface area contributed by atoms with Crippen LogP contribution >= 0.6 is 11.6 Å². The van der Waals surface area contributed by atoms with Crippen LogP contribution in [0.25, 0.3) is 0 Å². The first-order valence-corrected chi connectivity index (χ1v) is 11.4. The Morgan fingerprint density at radius 1 is 1.17 bits per heavy atom. The first-order chi connectivity index (χ1) is 13.8. The molecule has 8 heteroatoms. The van der Waals surface area contributed by atoms with Crippen molar-refractivity contribution < 1.29 is 22.1 Å². The van der Waals surface area contributed by atoms with Crippen LogP contribution in [-0.4, -0.2) is 38.6 Å². The lowest BCUT2D eigenvalue weighted by Crippen LogP contribution is -2.32. The van der Waals surface area contributed by atoms with Crippen molar-refractivity contribution in [2.45, 2.75) is 26.3 Å². The first kappa shape index (κ1) is 21.5. The zero-order chi connectivity index (χ0) is 21.0. The van der Waals surface area contributed by atoms with Crippen LogP contribution in [0, 0.1) is 5.92 Å². The number of amides is 1. The van der Waals surface area contributed by atoms with Crippen LogP contribution < -0.4 is 8.92 Å². The summed E-state index contributed by atoms with van der Waals surface area (Å²) in [6.07, 6.45) is 2.19. The number of ether oxygens (including phenoxy) is 1. The number of hydrogen-bond donors (Lipinski definition) is 0. The van der Waals surface area contributed by atoms with Gasteiger partial charge in [-0.1, -0.05) is 29.8 Å². The molecule has 0 atom stereocenters. The van der Waals surface area contributed by atoms with Crippen molar-refractivity contribution in [3.8, 4) is 11.5 Å². The summed E-state index contributed by atoms with van der Waals surface area (Å²) >= 11 is 6.22. The van der Waals surface area contributed by atoms with Gasteiger partial charge in [0.15, 0.2) is 11.5 Å². The van der Waals surface area contributed by atoms with Gasteiger partial charge in [-0.2, -0.15) is 8.42 Å². The van der Waals surface area contributed by atoms with Gasteiger partial charge in [-0.05, 0) is 55.5 Å². The van der Waals surface area contributed by atoms with Crippen molar-refractivity contribution in [2.75, 3.05) is 19.4 Å². The fourth-order valence-electron chi connectivity index (χ4n) is 2.94. The lowest BCUT2D eigenvalue weighted by Gasteiger charge is -2.24. The highest BCUT2D eigenvalue weighted by Gasteiger charge is 2.28. The number of benzene rings is 2. The maximum Gasteiger partial charge on any atom is 0.309 e. The summed E-state index contributed by atoms with van der Waals surface area (Å²) in [5, 5.41) is 0.408. The molecule has 1 aliphatic carbocycles. The van der Waals surface area contributed by atoms with Crippen molar-refractivity contribution in [1.82, 2.24) is 4.90 Å². The zero-order valence-corrected chi connectivity index (χ0v) is 18.0. The predicted molar refractivity (Wildman–Crippen MR) is 112 cm³/mol. The van der Waals surface area contributed by atoms with Crippen LogP contribution in [0.1, 0.15) is 35.7 Å². The fraction of sp³-hybridized carbons (Fsp3) is 0.381. The van der Waals surface area contributed by atoms with Crippen molar-refractivity contribution in [3.63, 3.8) is 0 Å². The molecule has 156 valence electrons. The molecule has 29 heavy (non-hydrogen) atoms. The topological polar surface area (TPSA) is 72.9 Å². The monoisotopic (exact) mass is 437 g/mol. The second-order valence-electron chi connectivity index (χ2n) is 7.02. The molecule has 0 N–H and O–H groups in total. The van der Waals surface area contributed by atoms with Crippen LogP contribution in [0.2, 0.25) is 5.02 Å². The van der Waals surface area contributed by atoms with E-state index >= 15 is 0 Å². The van der Waals surface area contributed by atoms with Gasteiger partial charge in [-0.3, -0.25) is 4.79 Å². The number of hydrogen-bond acceptors (Lipinski definition) is 5. The van der Waals surface area contributed by atoms with E-state index in [-0.39, 0.29) is 17.4 Å². The number of methoxy groups -OCH3 is 1. The van der Waals surface area contributed by atoms with Crippen LogP contribution in [-0.2, 0) is 16.7 Å². The average molecular weight is 438 g/mol. The van der Waals surface area contributed by atoms with E-state index in [1.807, 2.05) is 0 Å². The lowest BCUT2D eigenvalue weighted by atomic mass is 10.1. The van der Waals surface area contributed by atoms with E-state index in [0.29, 0.717) is 35.3 Å². The van der Waals surface area contributed by atoms with E-state index in [1.165, 1.54) is 14.0 Å². The highest BCUT2D eigenvalue weighted by atomic mass is 35.5. The first-order valence-electron chi connectivity index (χ1n) is 9.46. The van der Waals surface area contributed by atoms with Crippen molar-refractivity contribution >= 4 is 27.6 Å². The SMILES string of the molecule is CCS(=O)(=O)Oc1cc(CN(CC2CC2)C(=O)c2ccccc2Cl)ccc1OC. The Bertz CT molecular complexity index is 988. The number of rotatable bonds is 9. The maximum atomic E-state index is 13.1. The molecule has 0 bridgehead atoms. The van der Waals surface area contributed by atoms with Gasteiger partial charge in [0.05, 0.1) is 23.4 Å². The minimum absolute atomic E-state index is 0.114. The molecular weight excluding hydrogens is 414 g/mol. The highest BCUT2D eigenvalue weighted by molar-refractivity contribution is 7.87. The molecule has 0 aliphatic heterocycles. The van der Waals surface area contributed by atoms with Crippen molar-refractivity contribution in [3.05, 3.63) is 58.6 Å². The molecule has 1 fully saturated rings. The third-order valence-electron chi connectivity index (χ3n) is 4.74. The summed E-state index contributed by atoms with van der Waals surface area (Å²) in [5.41, 5.74) is 1.20. The number of carbonyl (C=O) groups excluding carboxylic acids is 1. The van der Waals surface area contributed by atoms with E-state index in [1.54, 1.807) is 47.4 Å². The molecule has 3 rings (SSSR count). The molecule has 2 aromatic rings. The number of carbonyl (C=O) groups is 1. The van der Waals surface area contributed by atoms with Crippen molar-refractivity contribution in [2.24, 2.45) is 5.92 Å². The van der Waals surface area contributed by atoms with Gasteiger partial charge in [0, 0.05) is 13.1 Å².